The molecule has 4 heteroatoms. The molecule has 0 unspecified atom stereocenters. The third-order valence-corrected chi connectivity index (χ3v) is 4.03. The Hall–Kier alpha value is -3.40. The zero-order chi connectivity index (χ0) is 18.4. The van der Waals surface area contributed by atoms with Crippen LogP contribution in [0.3, 0.4) is 0 Å². The molecule has 0 aromatic heterocycles. The number of carbonyl (C=O) groups is 2. The lowest BCUT2D eigenvalue weighted by Gasteiger charge is -2.11. The average molecular weight is 344 g/mol. The predicted octanol–water partition coefficient (Wildman–Crippen LogP) is 3.94. The summed E-state index contributed by atoms with van der Waals surface area (Å²) in [5.41, 5.74) is 1.86. The van der Waals surface area contributed by atoms with Crippen molar-refractivity contribution in [3.8, 4) is 0 Å². The lowest BCUT2D eigenvalue weighted by molar-refractivity contribution is -0.115. The van der Waals surface area contributed by atoms with E-state index in [0.29, 0.717) is 17.8 Å². The van der Waals surface area contributed by atoms with Gasteiger partial charge >= 0.3 is 0 Å². The van der Waals surface area contributed by atoms with E-state index >= 15 is 0 Å². The van der Waals surface area contributed by atoms with Crippen LogP contribution >= 0.6 is 0 Å². The van der Waals surface area contributed by atoms with Crippen molar-refractivity contribution >= 4 is 28.3 Å². The van der Waals surface area contributed by atoms with Crippen molar-refractivity contribution < 1.29 is 9.59 Å². The zero-order valence-corrected chi connectivity index (χ0v) is 14.4. The van der Waals surface area contributed by atoms with Gasteiger partial charge in [-0.1, -0.05) is 60.7 Å². The van der Waals surface area contributed by atoms with Crippen LogP contribution < -0.4 is 10.6 Å². The van der Waals surface area contributed by atoms with E-state index in [-0.39, 0.29) is 18.2 Å². The van der Waals surface area contributed by atoms with Crippen LogP contribution in [0.2, 0.25) is 0 Å². The first kappa shape index (κ1) is 17.4. The maximum Gasteiger partial charge on any atom is 0.253 e. The van der Waals surface area contributed by atoms with Gasteiger partial charge in [0, 0.05) is 6.54 Å². The summed E-state index contributed by atoms with van der Waals surface area (Å²) in [7, 11) is 0. The fraction of sp³-hybridized carbons (Fsp3) is 0.0909. The fourth-order valence-electron chi connectivity index (χ4n) is 2.78. The van der Waals surface area contributed by atoms with Crippen LogP contribution in [0.5, 0.6) is 0 Å². The van der Waals surface area contributed by atoms with Crippen molar-refractivity contribution in [1.82, 2.24) is 5.32 Å². The molecule has 0 fully saturated rings. The van der Waals surface area contributed by atoms with Gasteiger partial charge in [-0.2, -0.15) is 0 Å². The van der Waals surface area contributed by atoms with Gasteiger partial charge in [-0.05, 0) is 28.5 Å². The number of anilines is 1. The number of amides is 2. The van der Waals surface area contributed by atoms with Crippen molar-refractivity contribution in [2.24, 2.45) is 0 Å². The molecule has 26 heavy (non-hydrogen) atoms. The van der Waals surface area contributed by atoms with Crippen molar-refractivity contribution in [1.29, 1.82) is 0 Å². The van der Waals surface area contributed by atoms with Gasteiger partial charge in [0.25, 0.3) is 5.91 Å². The van der Waals surface area contributed by atoms with Crippen molar-refractivity contribution in [3.63, 3.8) is 0 Å². The Morgan fingerprint density at radius 3 is 2.46 bits per heavy atom. The maximum absolute atomic E-state index is 12.4. The molecule has 0 radical (unpaired) electrons. The Labute approximate surface area is 152 Å². The molecular formula is C22H20N2O2. The minimum atomic E-state index is -0.244. The second-order valence-electron chi connectivity index (χ2n) is 5.95. The van der Waals surface area contributed by atoms with Crippen LogP contribution in [0.4, 0.5) is 5.69 Å². The molecule has 3 aromatic carbocycles. The Balaban J connectivity index is 1.73. The topological polar surface area (TPSA) is 58.2 Å². The summed E-state index contributed by atoms with van der Waals surface area (Å²) in [6, 6.07) is 21.0. The van der Waals surface area contributed by atoms with Gasteiger partial charge in [0.15, 0.2) is 0 Å². The van der Waals surface area contributed by atoms with Gasteiger partial charge in [-0.25, -0.2) is 0 Å². The number of hydrogen-bond donors (Lipinski definition) is 2. The van der Waals surface area contributed by atoms with Crippen LogP contribution in [0.15, 0.2) is 79.4 Å². The van der Waals surface area contributed by atoms with E-state index in [1.165, 1.54) is 0 Å². The van der Waals surface area contributed by atoms with E-state index in [2.05, 4.69) is 17.2 Å². The van der Waals surface area contributed by atoms with Gasteiger partial charge in [-0.3, -0.25) is 9.59 Å². The van der Waals surface area contributed by atoms with E-state index in [0.717, 1.165) is 16.3 Å². The molecule has 2 N–H and O–H groups in total. The first-order valence-electron chi connectivity index (χ1n) is 8.43. The Morgan fingerprint density at radius 1 is 0.923 bits per heavy atom. The first-order chi connectivity index (χ1) is 12.7. The number of nitrogens with one attached hydrogen (secondary N) is 2. The van der Waals surface area contributed by atoms with Crippen LogP contribution in [0, 0.1) is 0 Å². The smallest absolute Gasteiger partial charge is 0.253 e. The quantitative estimate of drug-likeness (QED) is 0.666. The molecule has 0 spiro atoms. The standard InChI is InChI=1S/C22H20N2O2/c1-2-13-23-22(26)19-9-5-6-10-20(19)24-21(25)15-16-11-12-17-7-3-4-8-18(17)14-16/h2-12,14H,1,13,15H2,(H,23,26)(H,24,25). The van der Waals surface area contributed by atoms with Gasteiger partial charge in [0.1, 0.15) is 0 Å². The Bertz CT molecular complexity index is 963. The molecule has 0 bridgehead atoms. The first-order valence-corrected chi connectivity index (χ1v) is 8.43. The van der Waals surface area contributed by atoms with Crippen molar-refractivity contribution in [2.75, 3.05) is 11.9 Å². The summed E-state index contributed by atoms with van der Waals surface area (Å²) in [6.45, 7) is 3.95. The number of fused-ring (bicyclic) bond motifs is 1. The second kappa shape index (κ2) is 8.12. The molecular weight excluding hydrogens is 324 g/mol. The highest BCUT2D eigenvalue weighted by Crippen LogP contribution is 2.18. The number of rotatable bonds is 6. The van der Waals surface area contributed by atoms with Gasteiger partial charge < -0.3 is 10.6 Å². The highest BCUT2D eigenvalue weighted by molar-refractivity contribution is 6.04. The lowest BCUT2D eigenvalue weighted by atomic mass is 10.0. The predicted molar refractivity (Wildman–Crippen MR) is 105 cm³/mol. The molecule has 130 valence electrons. The van der Waals surface area contributed by atoms with Crippen molar-refractivity contribution in [2.45, 2.75) is 6.42 Å². The van der Waals surface area contributed by atoms with Crippen molar-refractivity contribution in [3.05, 3.63) is 90.5 Å². The van der Waals surface area contributed by atoms with Crippen LogP contribution in [0.1, 0.15) is 15.9 Å². The highest BCUT2D eigenvalue weighted by atomic mass is 16.2. The highest BCUT2D eigenvalue weighted by Gasteiger charge is 2.12. The normalized spacial score (nSPS) is 10.3. The number of benzene rings is 3. The average Bonchev–Trinajstić information content (AvgIpc) is 2.66. The summed E-state index contributed by atoms with van der Waals surface area (Å²) in [5.74, 6) is -0.407. The number of hydrogen-bond acceptors (Lipinski definition) is 2. The van der Waals surface area contributed by atoms with E-state index in [1.807, 2.05) is 42.5 Å². The molecule has 3 rings (SSSR count). The Kier molecular flexibility index (Phi) is 5.44. The second-order valence-corrected chi connectivity index (χ2v) is 5.95. The van der Waals surface area contributed by atoms with E-state index in [9.17, 15) is 9.59 Å². The monoisotopic (exact) mass is 344 g/mol. The molecule has 0 aliphatic heterocycles. The fourth-order valence-corrected chi connectivity index (χ4v) is 2.78. The van der Waals surface area contributed by atoms with E-state index in [1.54, 1.807) is 30.3 Å². The Morgan fingerprint density at radius 2 is 1.65 bits per heavy atom. The minimum absolute atomic E-state index is 0.163. The SMILES string of the molecule is C=CCNC(=O)c1ccccc1NC(=O)Cc1ccc2ccccc2c1. The van der Waals surface area contributed by atoms with E-state index in [4.69, 9.17) is 0 Å². The summed E-state index contributed by atoms with van der Waals surface area (Å²) in [5, 5.41) is 7.80. The van der Waals surface area contributed by atoms with E-state index < -0.39 is 0 Å². The van der Waals surface area contributed by atoms with Gasteiger partial charge in [0.05, 0.1) is 17.7 Å². The van der Waals surface area contributed by atoms with Crippen LogP contribution in [-0.4, -0.2) is 18.4 Å². The summed E-state index contributed by atoms with van der Waals surface area (Å²) in [4.78, 5) is 24.6. The molecule has 0 aliphatic carbocycles. The summed E-state index contributed by atoms with van der Waals surface area (Å²) >= 11 is 0. The molecule has 0 saturated carbocycles. The van der Waals surface area contributed by atoms with Gasteiger partial charge in [0.2, 0.25) is 5.91 Å². The van der Waals surface area contributed by atoms with Gasteiger partial charge in [-0.15, -0.1) is 6.58 Å². The molecule has 0 heterocycles. The largest absolute Gasteiger partial charge is 0.349 e. The zero-order valence-electron chi connectivity index (χ0n) is 14.4. The molecule has 3 aromatic rings. The number of carbonyl (C=O) groups excluding carboxylic acids is 2. The minimum Gasteiger partial charge on any atom is -0.349 e. The van der Waals surface area contributed by atoms with Crippen LogP contribution in [-0.2, 0) is 11.2 Å². The van der Waals surface area contributed by atoms with Crippen LogP contribution in [0.25, 0.3) is 10.8 Å². The number of para-hydroxylation sites is 1. The molecule has 2 amide bonds. The third kappa shape index (κ3) is 4.16. The molecule has 0 aliphatic rings. The molecule has 0 atom stereocenters. The maximum atomic E-state index is 12.4. The molecule has 4 nitrogen and oxygen atoms in total. The summed E-state index contributed by atoms with van der Waals surface area (Å²) < 4.78 is 0. The molecule has 0 saturated heterocycles. The summed E-state index contributed by atoms with van der Waals surface area (Å²) in [6.07, 6.45) is 1.85. The lowest BCUT2D eigenvalue weighted by Crippen LogP contribution is -2.25. The third-order valence-electron chi connectivity index (χ3n) is 4.03.